The van der Waals surface area contributed by atoms with Gasteiger partial charge in [-0.05, 0) is 137 Å². The van der Waals surface area contributed by atoms with Gasteiger partial charge in [0.15, 0.2) is 5.72 Å². The Morgan fingerprint density at radius 3 is 2.21 bits per heavy atom. The minimum atomic E-state index is -1.85. The number of anilines is 1. The first-order chi connectivity index (χ1) is 59.0. The van der Waals surface area contributed by atoms with Crippen molar-refractivity contribution in [3.05, 3.63) is 154 Å². The molecule has 4 aliphatic heterocycles. The Hall–Kier alpha value is -9.41. The molecule has 9 rings (SSSR count). The minimum Gasteiger partial charge on any atom is -0.508 e. The molecule has 4 heterocycles. The van der Waals surface area contributed by atoms with E-state index in [1.54, 1.807) is 56.3 Å². The monoisotopic (exact) mass is 1810 g/mol. The van der Waals surface area contributed by atoms with Gasteiger partial charge in [-0.3, -0.25) is 53.3 Å². The fourth-order valence-electron chi connectivity index (χ4n) is 15.0. The molecule has 38 heteroatoms. The summed E-state index contributed by atoms with van der Waals surface area (Å²) in [6.07, 6.45) is 2.11. The van der Waals surface area contributed by atoms with Gasteiger partial charge in [-0.2, -0.15) is 0 Å². The molecule has 4 aromatic rings. The maximum Gasteiger partial charge on any atom is 0.409 e. The largest absolute Gasteiger partial charge is 0.508 e. The lowest BCUT2D eigenvalue weighted by molar-refractivity contribution is -0.159. The van der Waals surface area contributed by atoms with Crippen LogP contribution in [-0.2, 0) is 97.4 Å². The van der Waals surface area contributed by atoms with Crippen LogP contribution in [0.5, 0.6) is 11.5 Å². The summed E-state index contributed by atoms with van der Waals surface area (Å²) in [6.45, 7) is 8.35. The average molecular weight is 1810 g/mol. The first-order valence-corrected chi connectivity index (χ1v) is 46.3. The van der Waals surface area contributed by atoms with Crippen LogP contribution in [0.3, 0.4) is 0 Å². The molecule has 17 atom stereocenters. The van der Waals surface area contributed by atoms with E-state index >= 15 is 9.59 Å². The number of carbonyl (C=O) groups is 12. The highest BCUT2D eigenvalue weighted by Gasteiger charge is 2.60. The number of nitrogens with one attached hydrogen (secondary N) is 8. The smallest absolute Gasteiger partial charge is 0.409 e. The van der Waals surface area contributed by atoms with Gasteiger partial charge < -0.3 is 103 Å². The number of fused-ring (bicyclic) bond motifs is 6. The molecule has 124 heavy (non-hydrogen) atoms. The zero-order valence-corrected chi connectivity index (χ0v) is 74.8. The van der Waals surface area contributed by atoms with Crippen LogP contribution in [0.25, 0.3) is 5.57 Å². The molecule has 3 saturated heterocycles. The molecule has 674 valence electrons. The SMILES string of the molecule is COc1cc2cc(c1Cl)N(C)C(=O)C[C@H](OC(=O)[C@H](C)N(C)C(=O)CCSSC[C@H](NC(=O)[C@@H]1CSSC[C@H](NC(=O)[C@H](N)Cc3ccccc3)C(=O)N[C@@H](Cc3ccc(O)cc3)C(=O)N[C@H](CC3=CCc4ccccc43)C(=O)N[C@@H](CCCCN)C(=O)N[C@@H]([C@@H](C)O)C(=O)N1)C(N)=O)C[C@]1(C)O[C@H]1[C@H](C)[C@@H]1C[C@@](O)(NC(=O)O1)[C@H](OC)C/C=C/C=C(\C)C2. The van der Waals surface area contributed by atoms with Crippen molar-refractivity contribution < 1.29 is 96.5 Å². The van der Waals surface area contributed by atoms with Crippen molar-refractivity contribution in [2.24, 2.45) is 23.1 Å². The van der Waals surface area contributed by atoms with Crippen molar-refractivity contribution in [1.82, 2.24) is 47.4 Å². The lowest BCUT2D eigenvalue weighted by Crippen LogP contribution is -2.64. The summed E-state index contributed by atoms with van der Waals surface area (Å²) < 4.78 is 29.7. The van der Waals surface area contributed by atoms with Crippen LogP contribution in [0.2, 0.25) is 5.02 Å². The molecule has 5 aliphatic rings. The Balaban J connectivity index is 0.903. The number of nitrogens with zero attached hydrogens (tertiary/aromatic N) is 2. The summed E-state index contributed by atoms with van der Waals surface area (Å²) in [5, 5.41) is 55.1. The molecule has 4 bridgehead atoms. The van der Waals surface area contributed by atoms with Crippen molar-refractivity contribution in [2.45, 2.75) is 214 Å². The number of hydrogen-bond donors (Lipinski definition) is 14. The van der Waals surface area contributed by atoms with Gasteiger partial charge in [0.2, 0.25) is 59.1 Å². The molecule has 33 nitrogen and oxygen atoms in total. The number of benzene rings is 4. The average Bonchev–Trinajstić information content (AvgIpc) is 1.58. The van der Waals surface area contributed by atoms with Gasteiger partial charge in [0.25, 0.3) is 0 Å². The molecule has 17 N–H and O–H groups in total. The number of nitrogens with two attached hydrogens (primary N) is 3. The van der Waals surface area contributed by atoms with Crippen molar-refractivity contribution >= 4 is 137 Å². The molecule has 3 fully saturated rings. The van der Waals surface area contributed by atoms with Crippen molar-refractivity contribution in [3.63, 3.8) is 0 Å². The Kier molecular flexibility index (Phi) is 36.6. The van der Waals surface area contributed by atoms with Crippen molar-refractivity contribution in [1.29, 1.82) is 0 Å². The predicted octanol–water partition coefficient (Wildman–Crippen LogP) is 4.40. The van der Waals surface area contributed by atoms with E-state index < -0.39 is 180 Å². The Morgan fingerprint density at radius 2 is 1.52 bits per heavy atom. The number of amides is 11. The number of allylic oxidation sites excluding steroid dienone is 4. The predicted molar refractivity (Wildman–Crippen MR) is 475 cm³/mol. The maximum absolute atomic E-state index is 15.1. The molecule has 0 unspecified atom stereocenters. The van der Waals surface area contributed by atoms with Crippen LogP contribution in [0.15, 0.2) is 121 Å². The van der Waals surface area contributed by atoms with Crippen LogP contribution < -0.4 is 69.4 Å². The number of primary amides is 1. The number of phenols is 1. The number of phenolic OH excluding ortho intramolecular Hbond substituents is 1. The van der Waals surface area contributed by atoms with E-state index in [4.69, 9.17) is 52.5 Å². The van der Waals surface area contributed by atoms with Crippen LogP contribution in [0, 0.1) is 5.92 Å². The minimum absolute atomic E-state index is 0.0480. The fourth-order valence-corrected chi connectivity index (χ4v) is 19.8. The lowest BCUT2D eigenvalue weighted by Gasteiger charge is -2.42. The van der Waals surface area contributed by atoms with Crippen LogP contribution in [-0.4, -0.2) is 245 Å². The number of aliphatic hydroxyl groups excluding tert-OH is 1. The summed E-state index contributed by atoms with van der Waals surface area (Å²) in [5.41, 5.74) is 21.0. The number of ether oxygens (including phenoxy) is 5. The molecule has 0 spiro atoms. The number of esters is 1. The van der Waals surface area contributed by atoms with E-state index in [0.29, 0.717) is 47.4 Å². The first-order valence-electron chi connectivity index (χ1n) is 41.0. The normalized spacial score (nSPS) is 26.8. The molecular formula is C86H114ClN13O20S4. The van der Waals surface area contributed by atoms with Gasteiger partial charge in [0.05, 0.1) is 43.1 Å². The molecule has 0 saturated carbocycles. The Morgan fingerprint density at radius 1 is 0.839 bits per heavy atom. The van der Waals surface area contributed by atoms with Crippen LogP contribution in [0.4, 0.5) is 10.5 Å². The summed E-state index contributed by atoms with van der Waals surface area (Å²) in [4.78, 5) is 175. The van der Waals surface area contributed by atoms with Gasteiger partial charge in [-0.25, -0.2) is 9.59 Å². The van der Waals surface area contributed by atoms with Crippen LogP contribution >= 0.6 is 54.8 Å². The third-order valence-electron chi connectivity index (χ3n) is 22.4. The van der Waals surface area contributed by atoms with Gasteiger partial charge in [0.1, 0.15) is 83.2 Å². The van der Waals surface area contributed by atoms with E-state index in [1.165, 1.54) is 76.2 Å². The van der Waals surface area contributed by atoms with Gasteiger partial charge in [0, 0.05) is 82.2 Å². The highest BCUT2D eigenvalue weighted by molar-refractivity contribution is 8.77. The number of aromatic hydroxyl groups is 1. The van der Waals surface area contributed by atoms with E-state index in [0.717, 1.165) is 65.4 Å². The highest BCUT2D eigenvalue weighted by Crippen LogP contribution is 2.49. The number of epoxide rings is 1. The third kappa shape index (κ3) is 27.5. The summed E-state index contributed by atoms with van der Waals surface area (Å²) in [6, 6.07) is 12.6. The summed E-state index contributed by atoms with van der Waals surface area (Å²) in [7, 11) is 9.86. The first kappa shape index (κ1) is 98.4. The van der Waals surface area contributed by atoms with E-state index in [-0.39, 0.29) is 98.1 Å². The van der Waals surface area contributed by atoms with Gasteiger partial charge in [-0.15, -0.1) is 0 Å². The quantitative estimate of drug-likeness (QED) is 0.0170. The Bertz CT molecular complexity index is 4570. The lowest BCUT2D eigenvalue weighted by atomic mass is 9.84. The fraction of sp³-hybridized carbons (Fsp3) is 0.512. The van der Waals surface area contributed by atoms with Gasteiger partial charge in [-0.1, -0.05) is 158 Å². The van der Waals surface area contributed by atoms with Crippen molar-refractivity contribution in [3.8, 4) is 11.5 Å². The number of methoxy groups -OCH3 is 2. The molecule has 1 aliphatic carbocycles. The van der Waals surface area contributed by atoms with Crippen molar-refractivity contribution in [2.75, 3.05) is 62.8 Å². The number of likely N-dealkylation sites (N-methyl/N-ethyl adjacent to an activating group) is 1. The maximum atomic E-state index is 15.1. The summed E-state index contributed by atoms with van der Waals surface area (Å²) >= 11 is 6.91. The molecule has 0 aromatic heterocycles. The zero-order chi connectivity index (χ0) is 90.3. The molecular weight excluding hydrogens is 1700 g/mol. The number of carbonyl (C=O) groups excluding carboxylic acids is 12. The number of hydrogen-bond acceptors (Lipinski definition) is 26. The number of alkyl carbamates (subject to hydrolysis) is 1. The number of aliphatic hydroxyl groups is 2. The second-order valence-corrected chi connectivity index (χ2v) is 37.4. The standard InChI is InChI=1S/C86H114ClN13O20S4/c1-47-19-13-16-25-69(117-9)86(115)43-68(119-84(114)98-86)48(2)74-85(5,120-74)42-57(41-71(104)100(7)66-38-53(35-47)39-67(116-8)72(66)87)118-83(113)49(3)99(6)70(103)32-34-121-122-44-63(75(90)105)94-81(111)65-46-124-123-45-64(95-76(106)59(89)36-51-20-11-10-12-21-51)80(110)92-61(37-52-26-30-56(102)31-27-52)78(108)93-62(40-55-29-28-54-22-14-15-23-58(54)55)79(109)91-60(24-17-18-33-88)77(107)97-73(50(4)101)82(112)96-65/h10-16,19-23,26-27,29-31,38-39,48-50,57,59-65,68-69,73-74,101-102,115H,17-18,24-25,28,32-37,40-46,88-89H2,1-9H3,(H2,90,105)(H,91,109)(H,92,110)(H,93,108)(H,94,111)(H,95,106)(H,96,112)(H,97,107)(H,98,114)/b16-13+,47-19+/t48-,49+,50-,57+,59-,60+,61+,62-,63+,64+,65+,68+,69-,73+,74+,85+,86+/m1/s1. The van der Waals surface area contributed by atoms with E-state index in [2.05, 4.69) is 42.5 Å². The second-order valence-electron chi connectivity index (χ2n) is 31.9. The van der Waals surface area contributed by atoms with E-state index in [9.17, 15) is 63.3 Å². The Labute approximate surface area is 742 Å². The topological polar surface area (TPSA) is 496 Å². The van der Waals surface area contributed by atoms with E-state index in [1.807, 2.05) is 55.5 Å². The molecule has 0 radical (unpaired) electrons. The molecule has 11 amide bonds. The molecule has 4 aromatic carbocycles. The third-order valence-corrected chi connectivity index (χ3v) is 27.6. The second kappa shape index (κ2) is 46.2. The highest BCUT2D eigenvalue weighted by atomic mass is 35.5. The number of rotatable bonds is 27. The van der Waals surface area contributed by atoms with Gasteiger partial charge >= 0.3 is 12.1 Å². The zero-order valence-electron chi connectivity index (χ0n) is 70.8. The van der Waals surface area contributed by atoms with Crippen LogP contribution in [0.1, 0.15) is 120 Å². The number of halogens is 1. The number of unbranched alkanes of at least 4 members (excludes halogenated alkanes) is 1. The summed E-state index contributed by atoms with van der Waals surface area (Å²) in [5.74, 6) is -10.3.